The average Bonchev–Trinajstić information content (AvgIpc) is 2.76. The van der Waals surface area contributed by atoms with Crippen molar-refractivity contribution in [2.45, 2.75) is 45.3 Å². The summed E-state index contributed by atoms with van der Waals surface area (Å²) in [4.78, 5) is 0. The van der Waals surface area contributed by atoms with E-state index < -0.39 is 0 Å². The van der Waals surface area contributed by atoms with Gasteiger partial charge < -0.3 is 10.1 Å². The van der Waals surface area contributed by atoms with Crippen LogP contribution < -0.4 is 5.32 Å². The van der Waals surface area contributed by atoms with E-state index in [9.17, 15) is 0 Å². The molecule has 0 radical (unpaired) electrons. The van der Waals surface area contributed by atoms with E-state index in [1.807, 2.05) is 7.05 Å². The first-order valence-electron chi connectivity index (χ1n) is 6.61. The molecule has 0 bridgehead atoms. The summed E-state index contributed by atoms with van der Waals surface area (Å²) in [6, 6.07) is 7.20. The highest BCUT2D eigenvalue weighted by Crippen LogP contribution is 2.25. The molecule has 0 saturated heterocycles. The molecule has 1 aliphatic carbocycles. The Hall–Kier alpha value is -0.860. The van der Waals surface area contributed by atoms with E-state index in [2.05, 4.69) is 37.4 Å². The highest BCUT2D eigenvalue weighted by atomic mass is 16.5. The van der Waals surface area contributed by atoms with Gasteiger partial charge in [-0.1, -0.05) is 18.2 Å². The lowest BCUT2D eigenvalue weighted by Gasteiger charge is -2.19. The fourth-order valence-corrected chi connectivity index (χ4v) is 2.44. The first-order chi connectivity index (χ1) is 8.20. The molecular weight excluding hydrogens is 210 g/mol. The predicted molar refractivity (Wildman–Crippen MR) is 71.4 cm³/mol. The van der Waals surface area contributed by atoms with Gasteiger partial charge in [0.05, 0.1) is 18.8 Å². The molecule has 1 atom stereocenters. The fourth-order valence-electron chi connectivity index (χ4n) is 2.44. The van der Waals surface area contributed by atoms with Gasteiger partial charge in [-0.3, -0.25) is 0 Å². The maximum atomic E-state index is 5.71. The molecule has 1 aromatic carbocycles. The molecule has 0 saturated carbocycles. The molecule has 0 fully saturated rings. The number of ether oxygens (including phenoxy) is 1. The normalized spacial score (nSPS) is 16.2. The van der Waals surface area contributed by atoms with E-state index in [-0.39, 0.29) is 0 Å². The van der Waals surface area contributed by atoms with Crippen LogP contribution in [0, 0.1) is 0 Å². The smallest absolute Gasteiger partial charge is 0.0664 e. The summed E-state index contributed by atoms with van der Waals surface area (Å²) in [6.45, 7) is 4.90. The van der Waals surface area contributed by atoms with E-state index in [4.69, 9.17) is 4.74 Å². The van der Waals surface area contributed by atoms with Gasteiger partial charge in [0.1, 0.15) is 0 Å². The standard InChI is InChI=1S/C15H23NO/c1-11(2)17-10-15(16-3)14-8-7-12-5-4-6-13(12)9-14/h7-9,11,15-16H,4-6,10H2,1-3H3. The SMILES string of the molecule is CNC(COC(C)C)c1ccc2c(c1)CCC2. The third-order valence-electron chi connectivity index (χ3n) is 3.47. The maximum absolute atomic E-state index is 5.71. The van der Waals surface area contributed by atoms with Gasteiger partial charge in [0, 0.05) is 0 Å². The summed E-state index contributed by atoms with van der Waals surface area (Å²) in [5.74, 6) is 0. The number of hydrogen-bond donors (Lipinski definition) is 1. The van der Waals surface area contributed by atoms with E-state index >= 15 is 0 Å². The Labute approximate surface area is 104 Å². The molecule has 0 amide bonds. The van der Waals surface area contributed by atoms with Crippen molar-refractivity contribution < 1.29 is 4.74 Å². The monoisotopic (exact) mass is 233 g/mol. The Morgan fingerprint density at radius 2 is 2.00 bits per heavy atom. The number of fused-ring (bicyclic) bond motifs is 1. The Balaban J connectivity index is 2.08. The number of hydrogen-bond acceptors (Lipinski definition) is 2. The molecule has 17 heavy (non-hydrogen) atoms. The molecule has 94 valence electrons. The van der Waals surface area contributed by atoms with Crippen molar-refractivity contribution in [3.05, 3.63) is 34.9 Å². The Bertz CT molecular complexity index is 373. The van der Waals surface area contributed by atoms with Crippen molar-refractivity contribution >= 4 is 0 Å². The van der Waals surface area contributed by atoms with Gasteiger partial charge in [-0.15, -0.1) is 0 Å². The largest absolute Gasteiger partial charge is 0.377 e. The van der Waals surface area contributed by atoms with E-state index in [1.54, 1.807) is 0 Å². The van der Waals surface area contributed by atoms with Gasteiger partial charge in [0.2, 0.25) is 0 Å². The maximum Gasteiger partial charge on any atom is 0.0664 e. The summed E-state index contributed by atoms with van der Waals surface area (Å²) in [6.07, 6.45) is 4.10. The molecule has 0 aliphatic heterocycles. The zero-order chi connectivity index (χ0) is 12.3. The van der Waals surface area contributed by atoms with Crippen LogP contribution in [0.1, 0.15) is 43.0 Å². The van der Waals surface area contributed by atoms with Crippen LogP contribution in [0.2, 0.25) is 0 Å². The van der Waals surface area contributed by atoms with Crippen LogP contribution in [-0.4, -0.2) is 19.8 Å². The van der Waals surface area contributed by atoms with Crippen molar-refractivity contribution in [3.63, 3.8) is 0 Å². The zero-order valence-electron chi connectivity index (χ0n) is 11.1. The summed E-state index contributed by atoms with van der Waals surface area (Å²) in [5, 5.41) is 3.34. The van der Waals surface area contributed by atoms with Crippen molar-refractivity contribution in [3.8, 4) is 0 Å². The van der Waals surface area contributed by atoms with Crippen molar-refractivity contribution in [2.75, 3.05) is 13.7 Å². The second kappa shape index (κ2) is 5.65. The molecule has 1 unspecified atom stereocenters. The number of rotatable bonds is 5. The molecule has 1 aromatic rings. The Morgan fingerprint density at radius 1 is 1.24 bits per heavy atom. The topological polar surface area (TPSA) is 21.3 Å². The van der Waals surface area contributed by atoms with Gasteiger partial charge >= 0.3 is 0 Å². The average molecular weight is 233 g/mol. The van der Waals surface area contributed by atoms with Gasteiger partial charge in [0.25, 0.3) is 0 Å². The Morgan fingerprint density at radius 3 is 2.71 bits per heavy atom. The Kier molecular flexibility index (Phi) is 4.19. The van der Waals surface area contributed by atoms with Crippen LogP contribution in [0.25, 0.3) is 0 Å². The van der Waals surface area contributed by atoms with Gasteiger partial charge in [-0.2, -0.15) is 0 Å². The van der Waals surface area contributed by atoms with Gasteiger partial charge in [-0.25, -0.2) is 0 Å². The van der Waals surface area contributed by atoms with E-state index in [0.717, 1.165) is 6.61 Å². The zero-order valence-corrected chi connectivity index (χ0v) is 11.1. The second-order valence-corrected chi connectivity index (χ2v) is 5.11. The number of aryl methyl sites for hydroxylation is 2. The minimum absolute atomic E-state index is 0.292. The molecule has 2 rings (SSSR count). The van der Waals surface area contributed by atoms with Crippen LogP contribution in [0.4, 0.5) is 0 Å². The quantitative estimate of drug-likeness (QED) is 0.844. The van der Waals surface area contributed by atoms with E-state index in [1.165, 1.54) is 36.0 Å². The van der Waals surface area contributed by atoms with Crippen LogP contribution in [0.5, 0.6) is 0 Å². The third kappa shape index (κ3) is 3.08. The summed E-state index contributed by atoms with van der Waals surface area (Å²) in [7, 11) is 2.00. The lowest BCUT2D eigenvalue weighted by Crippen LogP contribution is -2.23. The minimum Gasteiger partial charge on any atom is -0.377 e. The molecule has 2 heteroatoms. The van der Waals surface area contributed by atoms with Crippen molar-refractivity contribution in [1.29, 1.82) is 0 Å². The van der Waals surface area contributed by atoms with Crippen LogP contribution >= 0.6 is 0 Å². The molecular formula is C15H23NO. The lowest BCUT2D eigenvalue weighted by molar-refractivity contribution is 0.0626. The number of likely N-dealkylation sites (N-methyl/N-ethyl adjacent to an activating group) is 1. The van der Waals surface area contributed by atoms with Crippen LogP contribution in [0.3, 0.4) is 0 Å². The fraction of sp³-hybridized carbons (Fsp3) is 0.600. The van der Waals surface area contributed by atoms with Crippen molar-refractivity contribution in [1.82, 2.24) is 5.32 Å². The first-order valence-corrected chi connectivity index (χ1v) is 6.61. The highest BCUT2D eigenvalue weighted by molar-refractivity contribution is 5.36. The summed E-state index contributed by atoms with van der Waals surface area (Å²) < 4.78 is 5.71. The van der Waals surface area contributed by atoms with Crippen molar-refractivity contribution in [2.24, 2.45) is 0 Å². The van der Waals surface area contributed by atoms with Gasteiger partial charge in [0.15, 0.2) is 0 Å². The minimum atomic E-state index is 0.292. The number of nitrogens with one attached hydrogen (secondary N) is 1. The predicted octanol–water partition coefficient (Wildman–Crippen LogP) is 2.86. The third-order valence-corrected chi connectivity index (χ3v) is 3.47. The molecule has 1 aliphatic rings. The number of benzene rings is 1. The molecule has 0 heterocycles. The summed E-state index contributed by atoms with van der Waals surface area (Å²) >= 11 is 0. The molecule has 0 aromatic heterocycles. The summed E-state index contributed by atoms with van der Waals surface area (Å²) in [5.41, 5.74) is 4.43. The van der Waals surface area contributed by atoms with Crippen LogP contribution in [0.15, 0.2) is 18.2 Å². The molecule has 2 nitrogen and oxygen atoms in total. The van der Waals surface area contributed by atoms with E-state index in [0.29, 0.717) is 12.1 Å². The lowest BCUT2D eigenvalue weighted by atomic mass is 10.0. The van der Waals surface area contributed by atoms with Gasteiger partial charge in [-0.05, 0) is 56.8 Å². The molecule has 1 N–H and O–H groups in total. The first kappa shape index (κ1) is 12.6. The van der Waals surface area contributed by atoms with Crippen LogP contribution in [-0.2, 0) is 17.6 Å². The highest BCUT2D eigenvalue weighted by Gasteiger charge is 2.15. The second-order valence-electron chi connectivity index (χ2n) is 5.11. The molecule has 0 spiro atoms.